The van der Waals surface area contributed by atoms with Gasteiger partial charge in [0, 0.05) is 5.54 Å². The van der Waals surface area contributed by atoms with Crippen LogP contribution in [0.3, 0.4) is 0 Å². The highest BCUT2D eigenvalue weighted by molar-refractivity contribution is 7.89. The molecule has 0 aliphatic heterocycles. The van der Waals surface area contributed by atoms with Crippen molar-refractivity contribution in [3.8, 4) is 0 Å². The van der Waals surface area contributed by atoms with Crippen LogP contribution in [-0.4, -0.2) is 30.7 Å². The number of nitrogens with one attached hydrogen (secondary N) is 2. The number of nitrogens with zero attached hydrogens (tertiary/aromatic N) is 1. The summed E-state index contributed by atoms with van der Waals surface area (Å²) in [6, 6.07) is 0. The Morgan fingerprint density at radius 1 is 1.41 bits per heavy atom. The number of aryl methyl sites for hydroxylation is 2. The SMILES string of the molecule is Cc1n[nH]c(C)c1S(=O)(=O)NC(C)(C)CCN. The van der Waals surface area contributed by atoms with Crippen molar-refractivity contribution in [2.45, 2.75) is 44.6 Å². The van der Waals surface area contributed by atoms with E-state index in [1.165, 1.54) is 0 Å². The summed E-state index contributed by atoms with van der Waals surface area (Å²) in [5.74, 6) is 0. The average Bonchev–Trinajstić information content (AvgIpc) is 2.43. The fourth-order valence-electron chi connectivity index (χ4n) is 1.76. The van der Waals surface area contributed by atoms with Gasteiger partial charge in [0.25, 0.3) is 0 Å². The second kappa shape index (κ2) is 4.75. The van der Waals surface area contributed by atoms with Gasteiger partial charge < -0.3 is 5.73 Å². The van der Waals surface area contributed by atoms with Crippen LogP contribution < -0.4 is 10.5 Å². The van der Waals surface area contributed by atoms with Crippen LogP contribution in [0.2, 0.25) is 0 Å². The van der Waals surface area contributed by atoms with Crippen LogP contribution >= 0.6 is 0 Å². The lowest BCUT2D eigenvalue weighted by molar-refractivity contribution is 0.427. The lowest BCUT2D eigenvalue weighted by Gasteiger charge is -2.25. The molecule has 4 N–H and O–H groups in total. The highest BCUT2D eigenvalue weighted by Gasteiger charge is 2.29. The Hall–Kier alpha value is -0.920. The molecule has 0 radical (unpaired) electrons. The summed E-state index contributed by atoms with van der Waals surface area (Å²) in [6.45, 7) is 7.39. The third-order valence-corrected chi connectivity index (χ3v) is 4.47. The van der Waals surface area contributed by atoms with Crippen molar-refractivity contribution in [3.63, 3.8) is 0 Å². The van der Waals surface area contributed by atoms with Gasteiger partial charge in [0.05, 0.1) is 11.4 Å². The van der Waals surface area contributed by atoms with Crippen molar-refractivity contribution in [1.29, 1.82) is 0 Å². The van der Waals surface area contributed by atoms with Crippen LogP contribution in [0.25, 0.3) is 0 Å². The van der Waals surface area contributed by atoms with Crippen molar-refractivity contribution >= 4 is 10.0 Å². The van der Waals surface area contributed by atoms with E-state index in [9.17, 15) is 8.42 Å². The Balaban J connectivity index is 3.06. The third kappa shape index (κ3) is 3.27. The molecule has 1 rings (SSSR count). The number of aromatic nitrogens is 2. The number of nitrogens with two attached hydrogens (primary N) is 1. The fraction of sp³-hybridized carbons (Fsp3) is 0.700. The Morgan fingerprint density at radius 3 is 2.41 bits per heavy atom. The normalized spacial score (nSPS) is 13.0. The molecular weight excluding hydrogens is 240 g/mol. The van der Waals surface area contributed by atoms with Crippen molar-refractivity contribution in [1.82, 2.24) is 14.9 Å². The predicted molar refractivity (Wildman–Crippen MR) is 66.1 cm³/mol. The van der Waals surface area contributed by atoms with Gasteiger partial charge in [-0.2, -0.15) is 5.10 Å². The summed E-state index contributed by atoms with van der Waals surface area (Å²) in [5.41, 5.74) is 5.90. The quantitative estimate of drug-likeness (QED) is 0.714. The number of aromatic amines is 1. The lowest BCUT2D eigenvalue weighted by atomic mass is 10.0. The first kappa shape index (κ1) is 14.1. The molecule has 0 saturated heterocycles. The molecule has 0 aliphatic carbocycles. The Labute approximate surface area is 102 Å². The van der Waals surface area contributed by atoms with E-state index >= 15 is 0 Å². The van der Waals surface area contributed by atoms with Gasteiger partial charge in [0.2, 0.25) is 10.0 Å². The van der Waals surface area contributed by atoms with E-state index in [4.69, 9.17) is 5.73 Å². The van der Waals surface area contributed by atoms with Crippen LogP contribution in [0.5, 0.6) is 0 Å². The predicted octanol–water partition coefficient (Wildman–Crippen LogP) is 0.432. The van der Waals surface area contributed by atoms with Gasteiger partial charge >= 0.3 is 0 Å². The van der Waals surface area contributed by atoms with Crippen molar-refractivity contribution in [2.24, 2.45) is 5.73 Å². The molecule has 0 bridgehead atoms. The van der Waals surface area contributed by atoms with E-state index in [1.807, 2.05) is 13.8 Å². The maximum atomic E-state index is 12.2. The molecule has 0 spiro atoms. The summed E-state index contributed by atoms with van der Waals surface area (Å²) in [4.78, 5) is 0.225. The summed E-state index contributed by atoms with van der Waals surface area (Å²) in [5, 5.41) is 6.56. The number of hydrogen-bond acceptors (Lipinski definition) is 4. The zero-order valence-corrected chi connectivity index (χ0v) is 11.5. The first-order valence-electron chi connectivity index (χ1n) is 5.45. The zero-order valence-electron chi connectivity index (χ0n) is 10.7. The van der Waals surface area contributed by atoms with E-state index in [-0.39, 0.29) is 4.90 Å². The third-order valence-electron chi connectivity index (χ3n) is 2.51. The highest BCUT2D eigenvalue weighted by atomic mass is 32.2. The monoisotopic (exact) mass is 260 g/mol. The molecule has 17 heavy (non-hydrogen) atoms. The maximum absolute atomic E-state index is 12.2. The Bertz CT molecular complexity index is 471. The van der Waals surface area contributed by atoms with E-state index in [1.54, 1.807) is 13.8 Å². The summed E-state index contributed by atoms with van der Waals surface area (Å²) < 4.78 is 27.1. The number of rotatable bonds is 5. The molecule has 0 unspecified atom stereocenters. The van der Waals surface area contributed by atoms with E-state index in [2.05, 4.69) is 14.9 Å². The van der Waals surface area contributed by atoms with Gasteiger partial charge in [0.15, 0.2) is 0 Å². The van der Waals surface area contributed by atoms with Gasteiger partial charge in [0.1, 0.15) is 4.90 Å². The number of sulfonamides is 1. The first-order valence-corrected chi connectivity index (χ1v) is 6.93. The molecule has 0 saturated carbocycles. The van der Waals surface area contributed by atoms with Gasteiger partial charge in [-0.25, -0.2) is 13.1 Å². The smallest absolute Gasteiger partial charge is 0.244 e. The second-order valence-corrected chi connectivity index (χ2v) is 6.41. The minimum absolute atomic E-state index is 0.225. The summed E-state index contributed by atoms with van der Waals surface area (Å²) >= 11 is 0. The van der Waals surface area contributed by atoms with Gasteiger partial charge in [-0.15, -0.1) is 0 Å². The Morgan fingerprint density at radius 2 is 2.00 bits per heavy atom. The molecule has 1 heterocycles. The molecule has 0 aliphatic rings. The standard InChI is InChI=1S/C10H20N4O2S/c1-7-9(8(2)13-12-7)17(15,16)14-10(3,4)5-6-11/h14H,5-6,11H2,1-4H3,(H,12,13). The highest BCUT2D eigenvalue weighted by Crippen LogP contribution is 2.19. The minimum Gasteiger partial charge on any atom is -0.330 e. The Kier molecular flexibility index (Phi) is 3.95. The maximum Gasteiger partial charge on any atom is 0.244 e. The van der Waals surface area contributed by atoms with Gasteiger partial charge in [-0.1, -0.05) is 0 Å². The van der Waals surface area contributed by atoms with E-state index in [0.717, 1.165) is 0 Å². The lowest BCUT2D eigenvalue weighted by Crippen LogP contribution is -2.44. The molecule has 7 heteroatoms. The molecule has 98 valence electrons. The molecule has 0 amide bonds. The number of H-pyrrole nitrogens is 1. The molecule has 1 aromatic heterocycles. The molecular formula is C10H20N4O2S. The van der Waals surface area contributed by atoms with Crippen LogP contribution in [0.15, 0.2) is 4.90 Å². The molecule has 0 atom stereocenters. The van der Waals surface area contributed by atoms with Gasteiger partial charge in [-0.3, -0.25) is 5.10 Å². The van der Waals surface area contributed by atoms with Crippen LogP contribution in [0.1, 0.15) is 31.7 Å². The van der Waals surface area contributed by atoms with Crippen molar-refractivity contribution in [2.75, 3.05) is 6.54 Å². The fourth-order valence-corrected chi connectivity index (χ4v) is 3.58. The van der Waals surface area contributed by atoms with Gasteiger partial charge in [-0.05, 0) is 40.7 Å². The van der Waals surface area contributed by atoms with Crippen LogP contribution in [-0.2, 0) is 10.0 Å². The average molecular weight is 260 g/mol. The molecule has 0 fully saturated rings. The van der Waals surface area contributed by atoms with Crippen LogP contribution in [0.4, 0.5) is 0 Å². The largest absolute Gasteiger partial charge is 0.330 e. The minimum atomic E-state index is -3.56. The summed E-state index contributed by atoms with van der Waals surface area (Å²) in [7, 11) is -3.56. The van der Waals surface area contributed by atoms with Crippen molar-refractivity contribution < 1.29 is 8.42 Å². The molecule has 0 aromatic carbocycles. The summed E-state index contributed by atoms with van der Waals surface area (Å²) in [6.07, 6.45) is 0.572. The van der Waals surface area contributed by atoms with Crippen LogP contribution in [0, 0.1) is 13.8 Å². The first-order chi connectivity index (χ1) is 7.69. The molecule has 6 nitrogen and oxygen atoms in total. The van der Waals surface area contributed by atoms with Crippen molar-refractivity contribution in [3.05, 3.63) is 11.4 Å². The van der Waals surface area contributed by atoms with E-state index in [0.29, 0.717) is 24.4 Å². The number of hydrogen-bond donors (Lipinski definition) is 3. The molecule has 1 aromatic rings. The zero-order chi connectivity index (χ0) is 13.3. The second-order valence-electron chi connectivity index (χ2n) is 4.79. The van der Waals surface area contributed by atoms with E-state index < -0.39 is 15.6 Å². The topological polar surface area (TPSA) is 101 Å².